The highest BCUT2D eigenvalue weighted by atomic mass is 19.4. The maximum absolute atomic E-state index is 14.9. The molecular weight excluding hydrogens is 815 g/mol. The van der Waals surface area contributed by atoms with E-state index in [1.807, 2.05) is 11.7 Å². The summed E-state index contributed by atoms with van der Waals surface area (Å²) >= 11 is 0. The molecule has 0 saturated heterocycles. The third kappa shape index (κ3) is 9.57. The lowest BCUT2D eigenvalue weighted by atomic mass is 10.0. The van der Waals surface area contributed by atoms with Crippen molar-refractivity contribution in [3.63, 3.8) is 0 Å². The second-order valence-electron chi connectivity index (χ2n) is 11.4. The third-order valence-electron chi connectivity index (χ3n) is 7.39. The van der Waals surface area contributed by atoms with Crippen LogP contribution in [0.2, 0.25) is 0 Å². The summed E-state index contributed by atoms with van der Waals surface area (Å²) < 4.78 is 247. The maximum Gasteiger partial charge on any atom is 0.462 e. The van der Waals surface area contributed by atoms with Gasteiger partial charge < -0.3 is 14.2 Å². The van der Waals surface area contributed by atoms with E-state index in [9.17, 15) is 84.2 Å². The van der Waals surface area contributed by atoms with Gasteiger partial charge in [-0.05, 0) is 41.8 Å². The number of hydrogen-bond donors (Lipinski definition) is 0. The first-order valence-electron chi connectivity index (χ1n) is 15.5. The van der Waals surface area contributed by atoms with E-state index >= 15 is 0 Å². The van der Waals surface area contributed by atoms with Gasteiger partial charge >= 0.3 is 42.2 Å². The Hall–Kier alpha value is -4.83. The van der Waals surface area contributed by atoms with Crippen LogP contribution < -0.4 is 14.2 Å². The van der Waals surface area contributed by atoms with Crippen LogP contribution in [0.1, 0.15) is 55.8 Å². The summed E-state index contributed by atoms with van der Waals surface area (Å²) in [4.78, 5) is 24.3. The van der Waals surface area contributed by atoms with Crippen LogP contribution in [-0.2, 0) is 9.53 Å². The minimum Gasteiger partial charge on any atom is -0.487 e. The lowest BCUT2D eigenvalue weighted by molar-refractivity contribution is -0.474. The fourth-order valence-corrected chi connectivity index (χ4v) is 4.44. The number of benzene rings is 3. The molecule has 23 heteroatoms. The molecule has 0 aliphatic rings. The molecule has 0 N–H and O–H groups in total. The average molecular weight is 839 g/mol. The van der Waals surface area contributed by atoms with Crippen molar-refractivity contribution in [3.8, 4) is 28.4 Å². The molecule has 0 radical (unpaired) electrons. The molecule has 3 aromatic carbocycles. The normalized spacial score (nSPS) is 13.7. The highest BCUT2D eigenvalue weighted by Gasteiger charge is 2.80. The van der Waals surface area contributed by atoms with Crippen molar-refractivity contribution in [2.45, 2.75) is 75.7 Å². The fourth-order valence-electron chi connectivity index (χ4n) is 4.44. The van der Waals surface area contributed by atoms with E-state index in [0.29, 0.717) is 24.6 Å². The van der Waals surface area contributed by atoms with Gasteiger partial charge in [-0.2, -0.15) is 57.1 Å². The van der Waals surface area contributed by atoms with Crippen molar-refractivity contribution in [2.24, 2.45) is 0 Å². The van der Waals surface area contributed by atoms with Gasteiger partial charge in [-0.15, -0.1) is 0 Å². The Bertz CT molecular complexity index is 1880. The highest BCUT2D eigenvalue weighted by Crippen LogP contribution is 2.51. The third-order valence-corrected chi connectivity index (χ3v) is 7.39. The molecule has 3 aromatic rings. The number of carbonyl (C=O) groups excluding carboxylic acids is 2. The quantitative estimate of drug-likeness (QED) is 0.0470. The SMILES string of the molecule is CCCCCCCCOc1c(F)c(F)c(C(=O)Oc2ccc(-c3ccc(OC(=O)C(F)(OC(F)(F)C(F)(F)C(F)(F)F)C(F)(F)F)c(F)c3)cc2F)c(F)c1F. The predicted octanol–water partition coefficient (Wildman–Crippen LogP) is 11.1. The molecule has 0 heterocycles. The zero-order valence-corrected chi connectivity index (χ0v) is 27.8. The van der Waals surface area contributed by atoms with Gasteiger partial charge in [-0.1, -0.05) is 51.2 Å². The number of alkyl halides is 11. The molecule has 6 nitrogen and oxygen atoms in total. The molecule has 0 bridgehead atoms. The van der Waals surface area contributed by atoms with Gasteiger partial charge in [0.15, 0.2) is 40.5 Å². The second kappa shape index (κ2) is 17.1. The maximum atomic E-state index is 14.9. The second-order valence-corrected chi connectivity index (χ2v) is 11.4. The molecule has 0 saturated carbocycles. The highest BCUT2D eigenvalue weighted by molar-refractivity contribution is 5.92. The molecule has 0 spiro atoms. The molecular formula is C33H23F17O6. The van der Waals surface area contributed by atoms with Gasteiger partial charge in [0.25, 0.3) is 0 Å². The molecule has 0 fully saturated rings. The summed E-state index contributed by atoms with van der Waals surface area (Å²) in [6.07, 6.45) is -17.5. The molecule has 0 aliphatic carbocycles. The summed E-state index contributed by atoms with van der Waals surface area (Å²) in [5.74, 6) is -37.0. The Balaban J connectivity index is 1.80. The van der Waals surface area contributed by atoms with Crippen LogP contribution >= 0.6 is 0 Å². The van der Waals surface area contributed by atoms with E-state index in [2.05, 4.69) is 9.47 Å². The number of unbranched alkanes of at least 4 members (excludes halogenated alkanes) is 5. The van der Waals surface area contributed by atoms with Crippen molar-refractivity contribution < 1.29 is 103 Å². The zero-order valence-electron chi connectivity index (χ0n) is 27.8. The minimum absolute atomic E-state index is 0.142. The number of esters is 2. The smallest absolute Gasteiger partial charge is 0.462 e. The topological polar surface area (TPSA) is 71.1 Å². The number of hydrogen-bond acceptors (Lipinski definition) is 6. The Kier molecular flexibility index (Phi) is 13.9. The zero-order chi connectivity index (χ0) is 42.6. The van der Waals surface area contributed by atoms with Crippen LogP contribution in [0.4, 0.5) is 74.6 Å². The Morgan fingerprint density at radius 2 is 1.05 bits per heavy atom. The first kappa shape index (κ1) is 45.6. The monoisotopic (exact) mass is 838 g/mol. The van der Waals surface area contributed by atoms with E-state index in [1.165, 1.54) is 0 Å². The number of rotatable bonds is 16. The van der Waals surface area contributed by atoms with Gasteiger partial charge in [0.05, 0.1) is 6.61 Å². The standard InChI is InChI=1S/C33H23F17O6/c1-2-3-4-5-6-7-12-53-26-24(38)22(36)21(23(37)25(26)39)27(51)54-19-10-8-15(13-17(19)34)16-9-11-20(18(35)14-16)55-28(52)29(40,31(43,44)45)56-33(49,50)30(41,42)32(46,47)48/h8-11,13-14H,2-7,12H2,1H3. The lowest BCUT2D eigenvalue weighted by Gasteiger charge is -2.33. The Morgan fingerprint density at radius 3 is 1.50 bits per heavy atom. The van der Waals surface area contributed by atoms with Crippen molar-refractivity contribution in [1.82, 2.24) is 0 Å². The number of ether oxygens (including phenoxy) is 4. The summed E-state index contributed by atoms with van der Waals surface area (Å²) in [6, 6.07) is 2.54. The van der Waals surface area contributed by atoms with Gasteiger partial charge in [0.2, 0.25) is 11.6 Å². The Labute approximate surface area is 303 Å². The van der Waals surface area contributed by atoms with Gasteiger partial charge in [0, 0.05) is 0 Å². The Morgan fingerprint density at radius 1 is 0.589 bits per heavy atom. The summed E-state index contributed by atoms with van der Waals surface area (Å²) in [7, 11) is 0. The first-order valence-corrected chi connectivity index (χ1v) is 15.5. The summed E-state index contributed by atoms with van der Waals surface area (Å²) in [6.45, 7) is 1.63. The predicted molar refractivity (Wildman–Crippen MR) is 154 cm³/mol. The van der Waals surface area contributed by atoms with Gasteiger partial charge in [0.1, 0.15) is 5.56 Å². The van der Waals surface area contributed by atoms with Crippen LogP contribution in [0.15, 0.2) is 36.4 Å². The van der Waals surface area contributed by atoms with Crippen molar-refractivity contribution in [2.75, 3.05) is 6.61 Å². The molecule has 3 rings (SSSR count). The van der Waals surface area contributed by atoms with E-state index in [0.717, 1.165) is 31.7 Å². The molecule has 1 unspecified atom stereocenters. The molecule has 1 atom stereocenters. The van der Waals surface area contributed by atoms with E-state index in [-0.39, 0.29) is 25.2 Å². The van der Waals surface area contributed by atoms with E-state index in [1.54, 1.807) is 0 Å². The first-order chi connectivity index (χ1) is 25.7. The van der Waals surface area contributed by atoms with Crippen molar-refractivity contribution >= 4 is 11.9 Å². The van der Waals surface area contributed by atoms with Gasteiger partial charge in [-0.25, -0.2) is 27.2 Å². The van der Waals surface area contributed by atoms with Crippen LogP contribution in [0.5, 0.6) is 17.2 Å². The van der Waals surface area contributed by atoms with Crippen molar-refractivity contribution in [3.05, 3.63) is 76.9 Å². The lowest BCUT2D eigenvalue weighted by Crippen LogP contribution is -2.62. The molecule has 310 valence electrons. The van der Waals surface area contributed by atoms with Crippen molar-refractivity contribution in [1.29, 1.82) is 0 Å². The van der Waals surface area contributed by atoms with Crippen LogP contribution in [0.25, 0.3) is 11.1 Å². The number of carbonyl (C=O) groups is 2. The van der Waals surface area contributed by atoms with E-state index in [4.69, 9.17) is 4.74 Å². The fraction of sp³-hybridized carbons (Fsp3) is 0.394. The van der Waals surface area contributed by atoms with Crippen LogP contribution in [0.3, 0.4) is 0 Å². The van der Waals surface area contributed by atoms with Crippen LogP contribution in [-0.4, -0.2) is 48.8 Å². The molecule has 0 amide bonds. The number of halogens is 17. The van der Waals surface area contributed by atoms with Crippen LogP contribution in [0, 0.1) is 34.9 Å². The van der Waals surface area contributed by atoms with Gasteiger partial charge in [-0.3, -0.25) is 4.74 Å². The minimum atomic E-state index is -7.51. The largest absolute Gasteiger partial charge is 0.487 e. The summed E-state index contributed by atoms with van der Waals surface area (Å²) in [5, 5.41) is 0. The molecule has 0 aliphatic heterocycles. The summed E-state index contributed by atoms with van der Waals surface area (Å²) in [5.41, 5.74) is -2.94. The molecule has 0 aromatic heterocycles. The van der Waals surface area contributed by atoms with E-state index < -0.39 is 111 Å². The average Bonchev–Trinajstić information content (AvgIpc) is 3.08. The molecule has 56 heavy (non-hydrogen) atoms.